The first-order valence-electron chi connectivity index (χ1n) is 8.87. The van der Waals surface area contributed by atoms with Crippen molar-refractivity contribution in [3.8, 4) is 0 Å². The second-order valence-electron chi connectivity index (χ2n) is 6.89. The van der Waals surface area contributed by atoms with E-state index in [2.05, 4.69) is 0 Å². The van der Waals surface area contributed by atoms with Crippen LogP contribution in [0.5, 0.6) is 0 Å². The molecule has 5 nitrogen and oxygen atoms in total. The molecule has 2 rings (SSSR count). The minimum Gasteiger partial charge on any atom is -0.378 e. The van der Waals surface area contributed by atoms with Gasteiger partial charge in [0, 0.05) is 13.2 Å². The van der Waals surface area contributed by atoms with Crippen LogP contribution in [0.15, 0.2) is 0 Å². The Labute approximate surface area is 142 Å². The molecular weight excluding hydrogens is 322 g/mol. The molecule has 142 valence electrons. The van der Waals surface area contributed by atoms with E-state index < -0.39 is 36.3 Å². The monoisotopic (exact) mass is 352 g/mol. The van der Waals surface area contributed by atoms with Gasteiger partial charge in [0.25, 0.3) is 6.43 Å². The number of fused-ring (bicyclic) bond motifs is 1. The zero-order valence-electron chi connectivity index (χ0n) is 15.1. The van der Waals surface area contributed by atoms with E-state index in [1.165, 1.54) is 0 Å². The predicted octanol–water partition coefficient (Wildman–Crippen LogP) is 3.50. The van der Waals surface area contributed by atoms with Crippen molar-refractivity contribution in [2.75, 3.05) is 19.8 Å². The minimum absolute atomic E-state index is 0.235. The molecule has 0 spiro atoms. The molecule has 4 atom stereocenters. The van der Waals surface area contributed by atoms with Crippen molar-refractivity contribution in [3.63, 3.8) is 0 Å². The summed E-state index contributed by atoms with van der Waals surface area (Å²) in [6.07, 6.45) is -1.77. The highest BCUT2D eigenvalue weighted by molar-refractivity contribution is 5.06. The van der Waals surface area contributed by atoms with Gasteiger partial charge >= 0.3 is 0 Å². The number of unbranched alkanes of at least 4 members (excludes halogenated alkanes) is 2. The van der Waals surface area contributed by atoms with Crippen molar-refractivity contribution >= 4 is 0 Å². The Morgan fingerprint density at radius 1 is 1.00 bits per heavy atom. The molecule has 0 bridgehead atoms. The van der Waals surface area contributed by atoms with E-state index in [0.717, 1.165) is 25.7 Å². The lowest BCUT2D eigenvalue weighted by Crippen LogP contribution is -2.55. The maximum Gasteiger partial charge on any atom is 0.272 e. The molecule has 24 heavy (non-hydrogen) atoms. The van der Waals surface area contributed by atoms with E-state index >= 15 is 0 Å². The summed E-state index contributed by atoms with van der Waals surface area (Å²) >= 11 is 0. The van der Waals surface area contributed by atoms with Gasteiger partial charge in [-0.1, -0.05) is 26.7 Å². The zero-order chi connectivity index (χ0) is 17.8. The maximum atomic E-state index is 14.0. The molecule has 0 unspecified atom stereocenters. The molecule has 2 saturated heterocycles. The molecule has 2 fully saturated rings. The molecule has 0 aliphatic carbocycles. The number of alkyl halides is 2. The second-order valence-corrected chi connectivity index (χ2v) is 6.89. The molecule has 0 aromatic rings. The number of ether oxygens (including phenoxy) is 5. The third-order valence-electron chi connectivity index (χ3n) is 4.34. The van der Waals surface area contributed by atoms with Crippen LogP contribution in [0.4, 0.5) is 8.78 Å². The Balaban J connectivity index is 2.13. The van der Waals surface area contributed by atoms with Crippen molar-refractivity contribution in [2.45, 2.75) is 89.7 Å². The van der Waals surface area contributed by atoms with Crippen LogP contribution in [-0.4, -0.2) is 56.1 Å². The van der Waals surface area contributed by atoms with E-state index in [4.69, 9.17) is 23.7 Å². The van der Waals surface area contributed by atoms with Gasteiger partial charge in [0.2, 0.25) is 0 Å². The highest BCUT2D eigenvalue weighted by Gasteiger charge is 2.66. The van der Waals surface area contributed by atoms with Crippen LogP contribution >= 0.6 is 0 Å². The molecular formula is C17H30F2O5. The van der Waals surface area contributed by atoms with E-state index in [9.17, 15) is 8.78 Å². The highest BCUT2D eigenvalue weighted by atomic mass is 19.3. The van der Waals surface area contributed by atoms with E-state index in [0.29, 0.717) is 13.2 Å². The van der Waals surface area contributed by atoms with E-state index in [1.807, 2.05) is 13.8 Å². The Kier molecular flexibility index (Phi) is 6.96. The van der Waals surface area contributed by atoms with Gasteiger partial charge in [0.1, 0.15) is 12.2 Å². The van der Waals surface area contributed by atoms with Crippen LogP contribution < -0.4 is 0 Å². The van der Waals surface area contributed by atoms with Crippen LogP contribution in [-0.2, 0) is 23.7 Å². The molecule has 7 heteroatoms. The SMILES string of the molecule is CCCCOC[C@@]1(C(F)F)O[C@@H]2OC(C)(C)O[C@@H]2[C@@H]1OCCCC. The van der Waals surface area contributed by atoms with Crippen molar-refractivity contribution in [3.05, 3.63) is 0 Å². The first kappa shape index (κ1) is 20.0. The highest BCUT2D eigenvalue weighted by Crippen LogP contribution is 2.46. The van der Waals surface area contributed by atoms with Crippen LogP contribution in [0.25, 0.3) is 0 Å². The lowest BCUT2D eigenvalue weighted by molar-refractivity contribution is -0.279. The third kappa shape index (κ3) is 4.25. The summed E-state index contributed by atoms with van der Waals surface area (Å²) in [6.45, 7) is 8.06. The molecule has 0 amide bonds. The number of rotatable bonds is 10. The summed E-state index contributed by atoms with van der Waals surface area (Å²) in [6, 6.07) is 0. The summed E-state index contributed by atoms with van der Waals surface area (Å²) in [4.78, 5) is 0. The average molecular weight is 352 g/mol. The molecule has 0 saturated carbocycles. The lowest BCUT2D eigenvalue weighted by atomic mass is 9.96. The normalized spacial score (nSPS) is 34.9. The second kappa shape index (κ2) is 8.36. The smallest absolute Gasteiger partial charge is 0.272 e. The van der Waals surface area contributed by atoms with Gasteiger partial charge in [-0.05, 0) is 26.7 Å². The lowest BCUT2D eigenvalue weighted by Gasteiger charge is -2.35. The van der Waals surface area contributed by atoms with E-state index in [-0.39, 0.29) is 6.61 Å². The topological polar surface area (TPSA) is 46.2 Å². The number of hydrogen-bond acceptors (Lipinski definition) is 5. The molecule has 2 aliphatic rings. The molecule has 0 aromatic heterocycles. The number of hydrogen-bond donors (Lipinski definition) is 0. The van der Waals surface area contributed by atoms with Crippen molar-refractivity contribution in [1.82, 2.24) is 0 Å². The molecule has 2 aliphatic heterocycles. The predicted molar refractivity (Wildman–Crippen MR) is 84.0 cm³/mol. The summed E-state index contributed by atoms with van der Waals surface area (Å²) in [5, 5.41) is 0. The van der Waals surface area contributed by atoms with Crippen molar-refractivity contribution in [2.24, 2.45) is 0 Å². The van der Waals surface area contributed by atoms with Crippen LogP contribution in [0.1, 0.15) is 53.4 Å². The van der Waals surface area contributed by atoms with Gasteiger partial charge in [-0.3, -0.25) is 0 Å². The first-order valence-corrected chi connectivity index (χ1v) is 8.87. The Morgan fingerprint density at radius 3 is 2.29 bits per heavy atom. The van der Waals surface area contributed by atoms with Crippen molar-refractivity contribution in [1.29, 1.82) is 0 Å². The first-order chi connectivity index (χ1) is 11.4. The molecule has 0 radical (unpaired) electrons. The van der Waals surface area contributed by atoms with Crippen LogP contribution in [0, 0.1) is 0 Å². The fourth-order valence-electron chi connectivity index (χ4n) is 3.04. The fraction of sp³-hybridized carbons (Fsp3) is 1.00. The quantitative estimate of drug-likeness (QED) is 0.563. The average Bonchev–Trinajstić information content (AvgIpc) is 2.94. The molecule has 0 N–H and O–H groups in total. The standard InChI is InChI=1S/C17H30F2O5/c1-5-7-9-20-11-17(15(18)19)13(21-10-8-6-2)12-14(24-17)23-16(3,4)22-12/h12-15H,5-11H2,1-4H3/t12-,13+,14+,17-/m1/s1. The summed E-state index contributed by atoms with van der Waals surface area (Å²) < 4.78 is 56.3. The molecule has 2 heterocycles. The van der Waals surface area contributed by atoms with Gasteiger partial charge < -0.3 is 23.7 Å². The zero-order valence-corrected chi connectivity index (χ0v) is 15.1. The Bertz CT molecular complexity index is 393. The minimum atomic E-state index is -2.76. The molecule has 0 aromatic carbocycles. The van der Waals surface area contributed by atoms with Gasteiger partial charge in [-0.25, -0.2) is 8.78 Å². The van der Waals surface area contributed by atoms with Gasteiger partial charge in [-0.2, -0.15) is 0 Å². The fourth-order valence-corrected chi connectivity index (χ4v) is 3.04. The van der Waals surface area contributed by atoms with Crippen LogP contribution in [0.2, 0.25) is 0 Å². The van der Waals surface area contributed by atoms with Gasteiger partial charge in [-0.15, -0.1) is 0 Å². The van der Waals surface area contributed by atoms with Gasteiger partial charge in [0.05, 0.1) is 6.61 Å². The summed E-state index contributed by atoms with van der Waals surface area (Å²) in [5.74, 6) is -0.876. The van der Waals surface area contributed by atoms with E-state index in [1.54, 1.807) is 13.8 Å². The Morgan fingerprint density at radius 2 is 1.67 bits per heavy atom. The Hall–Kier alpha value is -0.340. The number of halogens is 2. The summed E-state index contributed by atoms with van der Waals surface area (Å²) in [7, 11) is 0. The maximum absolute atomic E-state index is 14.0. The third-order valence-corrected chi connectivity index (χ3v) is 4.34. The summed E-state index contributed by atoms with van der Waals surface area (Å²) in [5.41, 5.74) is -1.85. The van der Waals surface area contributed by atoms with Gasteiger partial charge in [0.15, 0.2) is 17.7 Å². The largest absolute Gasteiger partial charge is 0.378 e. The van der Waals surface area contributed by atoms with Crippen LogP contribution in [0.3, 0.4) is 0 Å². The van der Waals surface area contributed by atoms with Crippen molar-refractivity contribution < 1.29 is 32.5 Å².